The van der Waals surface area contributed by atoms with Gasteiger partial charge in [0.15, 0.2) is 0 Å². The fraction of sp³-hybridized carbons (Fsp3) is 0.824. The molecule has 0 bridgehead atoms. The Kier molecular flexibility index (Phi) is 6.08. The van der Waals surface area contributed by atoms with E-state index >= 15 is 0 Å². The van der Waals surface area contributed by atoms with Gasteiger partial charge in [-0.25, -0.2) is 4.98 Å². The van der Waals surface area contributed by atoms with Gasteiger partial charge >= 0.3 is 0 Å². The maximum Gasteiger partial charge on any atom is 0.108 e. The lowest BCUT2D eigenvalue weighted by Crippen LogP contribution is -2.30. The minimum Gasteiger partial charge on any atom is -0.338 e. The second kappa shape index (κ2) is 7.82. The maximum atomic E-state index is 4.47. The van der Waals surface area contributed by atoms with Crippen molar-refractivity contribution >= 4 is 0 Å². The van der Waals surface area contributed by atoms with E-state index in [0.29, 0.717) is 0 Å². The molecule has 1 atom stereocenters. The smallest absolute Gasteiger partial charge is 0.108 e. The van der Waals surface area contributed by atoms with Crippen molar-refractivity contribution in [3.63, 3.8) is 0 Å². The van der Waals surface area contributed by atoms with Crippen LogP contribution < -0.4 is 5.32 Å². The van der Waals surface area contributed by atoms with Gasteiger partial charge in [0.2, 0.25) is 0 Å². The van der Waals surface area contributed by atoms with Gasteiger partial charge in [0.1, 0.15) is 5.82 Å². The van der Waals surface area contributed by atoms with Crippen LogP contribution in [-0.4, -0.2) is 22.6 Å². The van der Waals surface area contributed by atoms with Gasteiger partial charge in [-0.05, 0) is 37.3 Å². The first kappa shape index (κ1) is 15.6. The average Bonchev–Trinajstić information content (AvgIpc) is 3.05. The molecule has 1 aliphatic rings. The van der Waals surface area contributed by atoms with Crippen molar-refractivity contribution in [1.82, 2.24) is 14.9 Å². The van der Waals surface area contributed by atoms with Crippen LogP contribution in [0.1, 0.15) is 51.8 Å². The first-order valence-electron chi connectivity index (χ1n) is 8.33. The Morgan fingerprint density at radius 1 is 1.30 bits per heavy atom. The molecule has 1 aromatic heterocycles. The van der Waals surface area contributed by atoms with Crippen molar-refractivity contribution in [2.24, 2.45) is 24.8 Å². The summed E-state index contributed by atoms with van der Waals surface area (Å²) >= 11 is 0. The molecule has 0 saturated heterocycles. The lowest BCUT2D eigenvalue weighted by atomic mass is 9.86. The molecule has 20 heavy (non-hydrogen) atoms. The topological polar surface area (TPSA) is 29.9 Å². The van der Waals surface area contributed by atoms with Crippen LogP contribution in [0.5, 0.6) is 0 Å². The zero-order chi connectivity index (χ0) is 14.4. The van der Waals surface area contributed by atoms with Gasteiger partial charge in [0, 0.05) is 25.9 Å². The van der Waals surface area contributed by atoms with Crippen molar-refractivity contribution in [2.45, 2.75) is 52.4 Å². The molecule has 114 valence electrons. The molecule has 1 fully saturated rings. The van der Waals surface area contributed by atoms with Crippen LogP contribution in [0.3, 0.4) is 0 Å². The van der Waals surface area contributed by atoms with Crippen LogP contribution in [0.25, 0.3) is 0 Å². The lowest BCUT2D eigenvalue weighted by Gasteiger charge is -2.24. The number of hydrogen-bond acceptors (Lipinski definition) is 2. The molecule has 3 nitrogen and oxygen atoms in total. The van der Waals surface area contributed by atoms with E-state index in [2.05, 4.69) is 42.0 Å². The lowest BCUT2D eigenvalue weighted by molar-refractivity contribution is 0.298. The number of hydrogen-bond donors (Lipinski definition) is 1. The minimum atomic E-state index is 0.744. The summed E-state index contributed by atoms with van der Waals surface area (Å²) in [6.07, 6.45) is 12.1. The molecule has 0 spiro atoms. The molecule has 3 heteroatoms. The third-order valence-corrected chi connectivity index (χ3v) is 4.69. The molecular formula is C17H31N3. The van der Waals surface area contributed by atoms with Gasteiger partial charge in [0.05, 0.1) is 0 Å². The van der Waals surface area contributed by atoms with Crippen LogP contribution in [0, 0.1) is 17.8 Å². The molecule has 1 heterocycles. The quantitative estimate of drug-likeness (QED) is 0.789. The standard InChI is InChI=1S/C17H31N3/c1-14(2)12-18-13-16(15-6-4-5-7-15)8-9-17-19-10-11-20(17)3/h10-11,14-16,18H,4-9,12-13H2,1-3H3. The molecule has 0 aromatic carbocycles. The van der Waals surface area contributed by atoms with Crippen molar-refractivity contribution < 1.29 is 0 Å². The predicted molar refractivity (Wildman–Crippen MR) is 84.7 cm³/mol. The second-order valence-electron chi connectivity index (χ2n) is 6.85. The fourth-order valence-electron chi connectivity index (χ4n) is 3.44. The van der Waals surface area contributed by atoms with E-state index in [1.807, 2.05) is 6.20 Å². The van der Waals surface area contributed by atoms with Crippen LogP contribution in [0.15, 0.2) is 12.4 Å². The van der Waals surface area contributed by atoms with Gasteiger partial charge in [-0.1, -0.05) is 39.5 Å². The molecule has 0 aliphatic heterocycles. The number of imidazole rings is 1. The van der Waals surface area contributed by atoms with Crippen molar-refractivity contribution in [1.29, 1.82) is 0 Å². The molecule has 1 N–H and O–H groups in total. The Morgan fingerprint density at radius 2 is 2.05 bits per heavy atom. The van der Waals surface area contributed by atoms with Crippen LogP contribution >= 0.6 is 0 Å². The number of rotatable bonds is 8. The first-order chi connectivity index (χ1) is 9.66. The Balaban J connectivity index is 1.83. The number of aryl methyl sites for hydroxylation is 2. The van der Waals surface area contributed by atoms with Crippen LogP contribution in [-0.2, 0) is 13.5 Å². The molecule has 0 amide bonds. The number of aromatic nitrogens is 2. The summed E-state index contributed by atoms with van der Waals surface area (Å²) in [5, 5.41) is 3.68. The summed E-state index contributed by atoms with van der Waals surface area (Å²) in [6.45, 7) is 6.90. The highest BCUT2D eigenvalue weighted by Crippen LogP contribution is 2.33. The van der Waals surface area contributed by atoms with Gasteiger partial charge < -0.3 is 9.88 Å². The second-order valence-corrected chi connectivity index (χ2v) is 6.85. The van der Waals surface area contributed by atoms with E-state index in [-0.39, 0.29) is 0 Å². The Labute approximate surface area is 124 Å². The molecule has 1 unspecified atom stereocenters. The van der Waals surface area contributed by atoms with Gasteiger partial charge in [-0.3, -0.25) is 0 Å². The molecule has 1 saturated carbocycles. The van der Waals surface area contributed by atoms with E-state index < -0.39 is 0 Å². The predicted octanol–water partition coefficient (Wildman–Crippen LogP) is 3.40. The van der Waals surface area contributed by atoms with Crippen molar-refractivity contribution in [3.05, 3.63) is 18.2 Å². The van der Waals surface area contributed by atoms with E-state index in [1.165, 1.54) is 44.5 Å². The highest BCUT2D eigenvalue weighted by atomic mass is 15.0. The molecular weight excluding hydrogens is 246 g/mol. The summed E-state index contributed by atoms with van der Waals surface area (Å²) < 4.78 is 2.16. The summed E-state index contributed by atoms with van der Waals surface area (Å²) in [4.78, 5) is 4.47. The summed E-state index contributed by atoms with van der Waals surface area (Å²) in [5.41, 5.74) is 0. The Bertz CT molecular complexity index is 377. The zero-order valence-electron chi connectivity index (χ0n) is 13.4. The van der Waals surface area contributed by atoms with E-state index in [9.17, 15) is 0 Å². The monoisotopic (exact) mass is 277 g/mol. The van der Waals surface area contributed by atoms with Crippen LogP contribution in [0.2, 0.25) is 0 Å². The van der Waals surface area contributed by atoms with Gasteiger partial charge in [0.25, 0.3) is 0 Å². The van der Waals surface area contributed by atoms with Crippen molar-refractivity contribution in [2.75, 3.05) is 13.1 Å². The fourth-order valence-corrected chi connectivity index (χ4v) is 3.44. The summed E-state index contributed by atoms with van der Waals surface area (Å²) in [5.74, 6) is 3.74. The summed E-state index contributed by atoms with van der Waals surface area (Å²) in [6, 6.07) is 0. The number of nitrogens with one attached hydrogen (secondary N) is 1. The number of nitrogens with zero attached hydrogens (tertiary/aromatic N) is 2. The largest absolute Gasteiger partial charge is 0.338 e. The van der Waals surface area contributed by atoms with Crippen molar-refractivity contribution in [3.8, 4) is 0 Å². The SMILES string of the molecule is CC(C)CNCC(CCc1nccn1C)C1CCCC1. The maximum absolute atomic E-state index is 4.47. The van der Waals surface area contributed by atoms with E-state index in [1.54, 1.807) is 0 Å². The van der Waals surface area contributed by atoms with E-state index in [4.69, 9.17) is 0 Å². The zero-order valence-corrected chi connectivity index (χ0v) is 13.4. The van der Waals surface area contributed by atoms with Crippen LogP contribution in [0.4, 0.5) is 0 Å². The minimum absolute atomic E-state index is 0.744. The molecule has 0 radical (unpaired) electrons. The molecule has 1 aromatic rings. The third kappa shape index (κ3) is 4.62. The van der Waals surface area contributed by atoms with Gasteiger partial charge in [-0.15, -0.1) is 0 Å². The average molecular weight is 277 g/mol. The normalized spacial score (nSPS) is 18.0. The first-order valence-corrected chi connectivity index (χ1v) is 8.33. The Morgan fingerprint density at radius 3 is 2.65 bits per heavy atom. The van der Waals surface area contributed by atoms with E-state index in [0.717, 1.165) is 30.7 Å². The summed E-state index contributed by atoms with van der Waals surface area (Å²) in [7, 11) is 2.10. The third-order valence-electron chi connectivity index (χ3n) is 4.69. The molecule has 2 rings (SSSR count). The molecule has 1 aliphatic carbocycles. The van der Waals surface area contributed by atoms with Gasteiger partial charge in [-0.2, -0.15) is 0 Å². The highest BCUT2D eigenvalue weighted by molar-refractivity contribution is 4.92. The Hall–Kier alpha value is -0.830. The highest BCUT2D eigenvalue weighted by Gasteiger charge is 2.24.